The minimum absolute atomic E-state index is 0.332. The Balaban J connectivity index is 1.88. The number of H-pyrrole nitrogens is 1. The monoisotopic (exact) mass is 350 g/mol. The molecule has 0 bridgehead atoms. The first-order valence-electron chi connectivity index (χ1n) is 5.70. The number of aromatic amines is 1. The van der Waals surface area contributed by atoms with E-state index in [1.807, 2.05) is 6.07 Å². The predicted octanol–water partition coefficient (Wildman–Crippen LogP) is 3.63. The van der Waals surface area contributed by atoms with Crippen molar-refractivity contribution in [2.75, 3.05) is 5.32 Å². The van der Waals surface area contributed by atoms with E-state index in [0.717, 1.165) is 9.99 Å². The van der Waals surface area contributed by atoms with E-state index in [1.165, 1.54) is 0 Å². The summed E-state index contributed by atoms with van der Waals surface area (Å²) in [4.78, 5) is 23.4. The Morgan fingerprint density at radius 1 is 1.35 bits per heavy atom. The number of rotatable bonds is 2. The highest BCUT2D eigenvalue weighted by molar-refractivity contribution is 9.10. The summed E-state index contributed by atoms with van der Waals surface area (Å²) in [7, 11) is 0. The molecule has 0 saturated carbocycles. The number of carbonyl (C=O) groups excluding carboxylic acids is 1. The molecule has 1 amide bonds. The van der Waals surface area contributed by atoms with Gasteiger partial charge in [-0.25, -0.2) is 4.98 Å². The van der Waals surface area contributed by atoms with Gasteiger partial charge >= 0.3 is 0 Å². The number of hydrogen-bond donors (Lipinski definition) is 2. The van der Waals surface area contributed by atoms with Crippen molar-refractivity contribution < 1.29 is 4.79 Å². The van der Waals surface area contributed by atoms with E-state index in [0.29, 0.717) is 22.2 Å². The summed E-state index contributed by atoms with van der Waals surface area (Å²) in [5.74, 6) is 0.00393. The molecule has 3 rings (SSSR count). The number of imidazole rings is 1. The Labute approximate surface area is 127 Å². The number of aromatic nitrogens is 3. The van der Waals surface area contributed by atoms with Crippen LogP contribution in [0.25, 0.3) is 11.2 Å². The standard InChI is InChI=1S/C13H8BrClN4O/c14-7-3-4-8(9(15)6-7)12(20)19-13-17-10-2-1-5-16-11(10)18-13/h1-6H,(H2,16,17,18,19,20). The first-order valence-corrected chi connectivity index (χ1v) is 6.88. The zero-order chi connectivity index (χ0) is 14.1. The van der Waals surface area contributed by atoms with Crippen LogP contribution in [0.2, 0.25) is 5.02 Å². The Bertz CT molecular complexity index is 769. The van der Waals surface area contributed by atoms with Crippen molar-refractivity contribution in [3.8, 4) is 0 Å². The molecule has 1 aromatic carbocycles. The van der Waals surface area contributed by atoms with Crippen molar-refractivity contribution in [1.82, 2.24) is 15.0 Å². The molecule has 0 spiro atoms. The van der Waals surface area contributed by atoms with E-state index in [4.69, 9.17) is 11.6 Å². The summed E-state index contributed by atoms with van der Waals surface area (Å²) in [5.41, 5.74) is 1.68. The van der Waals surface area contributed by atoms with E-state index in [1.54, 1.807) is 30.5 Å². The van der Waals surface area contributed by atoms with Crippen LogP contribution in [0.5, 0.6) is 0 Å². The van der Waals surface area contributed by atoms with Gasteiger partial charge in [0.05, 0.1) is 16.1 Å². The molecule has 3 aromatic rings. The first-order chi connectivity index (χ1) is 9.63. The summed E-state index contributed by atoms with van der Waals surface area (Å²) in [6.07, 6.45) is 1.64. The van der Waals surface area contributed by atoms with Crippen molar-refractivity contribution in [3.63, 3.8) is 0 Å². The smallest absolute Gasteiger partial charge is 0.259 e. The first kappa shape index (κ1) is 13.1. The number of benzene rings is 1. The fourth-order valence-corrected chi connectivity index (χ4v) is 2.51. The SMILES string of the molecule is O=C(Nc1nc2ncccc2[nH]1)c1ccc(Br)cc1Cl. The molecule has 0 atom stereocenters. The molecule has 0 aliphatic rings. The van der Waals surface area contributed by atoms with E-state index in [-0.39, 0.29) is 5.91 Å². The largest absolute Gasteiger partial charge is 0.322 e. The number of pyridine rings is 1. The average molecular weight is 352 g/mol. The van der Waals surface area contributed by atoms with Crippen molar-refractivity contribution in [2.45, 2.75) is 0 Å². The van der Waals surface area contributed by atoms with Gasteiger partial charge in [-0.2, -0.15) is 4.98 Å². The summed E-state index contributed by atoms with van der Waals surface area (Å²) >= 11 is 9.33. The molecule has 20 heavy (non-hydrogen) atoms. The maximum Gasteiger partial charge on any atom is 0.259 e. The van der Waals surface area contributed by atoms with Crippen molar-refractivity contribution in [1.29, 1.82) is 0 Å². The second-order valence-corrected chi connectivity index (χ2v) is 5.36. The molecule has 0 aliphatic carbocycles. The fraction of sp³-hybridized carbons (Fsp3) is 0. The lowest BCUT2D eigenvalue weighted by Crippen LogP contribution is -2.13. The molecular weight excluding hydrogens is 344 g/mol. The Kier molecular flexibility index (Phi) is 3.42. The van der Waals surface area contributed by atoms with Crippen LogP contribution in [0.4, 0.5) is 5.95 Å². The molecule has 0 saturated heterocycles. The number of nitrogens with one attached hydrogen (secondary N) is 2. The Morgan fingerprint density at radius 2 is 2.20 bits per heavy atom. The Morgan fingerprint density at radius 3 is 2.95 bits per heavy atom. The summed E-state index contributed by atoms with van der Waals surface area (Å²) < 4.78 is 0.812. The van der Waals surface area contributed by atoms with Crippen LogP contribution in [0.15, 0.2) is 41.0 Å². The number of hydrogen-bond acceptors (Lipinski definition) is 3. The molecule has 0 radical (unpaired) electrons. The third kappa shape index (κ3) is 2.52. The zero-order valence-electron chi connectivity index (χ0n) is 10.0. The number of carbonyl (C=O) groups is 1. The molecule has 7 heteroatoms. The number of nitrogens with zero attached hydrogens (tertiary/aromatic N) is 2. The van der Waals surface area contributed by atoms with Gasteiger partial charge in [0.2, 0.25) is 5.95 Å². The number of anilines is 1. The molecule has 2 aromatic heterocycles. The molecular formula is C13H8BrClN4O. The van der Waals surface area contributed by atoms with Crippen LogP contribution in [-0.2, 0) is 0 Å². The maximum absolute atomic E-state index is 12.1. The quantitative estimate of drug-likeness (QED) is 0.740. The van der Waals surface area contributed by atoms with Crippen LogP contribution in [0, 0.1) is 0 Å². The van der Waals surface area contributed by atoms with Gasteiger partial charge in [-0.3, -0.25) is 10.1 Å². The molecule has 5 nitrogen and oxygen atoms in total. The van der Waals surface area contributed by atoms with E-state index in [2.05, 4.69) is 36.2 Å². The summed E-state index contributed by atoms with van der Waals surface area (Å²) in [6.45, 7) is 0. The van der Waals surface area contributed by atoms with Crippen molar-refractivity contribution >= 4 is 50.6 Å². The molecule has 0 aliphatic heterocycles. The van der Waals surface area contributed by atoms with Crippen LogP contribution < -0.4 is 5.32 Å². The highest BCUT2D eigenvalue weighted by Gasteiger charge is 2.13. The number of fused-ring (bicyclic) bond motifs is 1. The normalized spacial score (nSPS) is 10.7. The van der Waals surface area contributed by atoms with E-state index in [9.17, 15) is 4.79 Å². The molecule has 100 valence electrons. The van der Waals surface area contributed by atoms with Crippen LogP contribution in [0.1, 0.15) is 10.4 Å². The van der Waals surface area contributed by atoms with Gasteiger partial charge < -0.3 is 4.98 Å². The maximum atomic E-state index is 12.1. The number of halogens is 2. The van der Waals surface area contributed by atoms with Gasteiger partial charge in [0, 0.05) is 10.7 Å². The zero-order valence-corrected chi connectivity index (χ0v) is 12.4. The summed E-state index contributed by atoms with van der Waals surface area (Å²) in [6, 6.07) is 8.68. The fourth-order valence-electron chi connectivity index (χ4n) is 1.75. The lowest BCUT2D eigenvalue weighted by atomic mass is 10.2. The second-order valence-electron chi connectivity index (χ2n) is 4.04. The van der Waals surface area contributed by atoms with E-state index < -0.39 is 0 Å². The molecule has 0 fully saturated rings. The van der Waals surface area contributed by atoms with Gasteiger partial charge in [0.15, 0.2) is 5.65 Å². The summed E-state index contributed by atoms with van der Waals surface area (Å²) in [5, 5.41) is 3.03. The molecule has 2 heterocycles. The predicted molar refractivity (Wildman–Crippen MR) is 81.0 cm³/mol. The van der Waals surface area contributed by atoms with Crippen molar-refractivity contribution in [2.24, 2.45) is 0 Å². The minimum atomic E-state index is -0.332. The third-order valence-electron chi connectivity index (χ3n) is 2.67. The topological polar surface area (TPSA) is 70.7 Å². The van der Waals surface area contributed by atoms with E-state index >= 15 is 0 Å². The lowest BCUT2D eigenvalue weighted by molar-refractivity contribution is 0.102. The van der Waals surface area contributed by atoms with Crippen LogP contribution in [0.3, 0.4) is 0 Å². The van der Waals surface area contributed by atoms with Crippen LogP contribution in [-0.4, -0.2) is 20.9 Å². The van der Waals surface area contributed by atoms with Crippen molar-refractivity contribution in [3.05, 3.63) is 51.6 Å². The highest BCUT2D eigenvalue weighted by Crippen LogP contribution is 2.22. The Hall–Kier alpha value is -1.92. The van der Waals surface area contributed by atoms with Gasteiger partial charge in [-0.1, -0.05) is 27.5 Å². The highest BCUT2D eigenvalue weighted by atomic mass is 79.9. The van der Waals surface area contributed by atoms with Crippen LogP contribution >= 0.6 is 27.5 Å². The van der Waals surface area contributed by atoms with Gasteiger partial charge in [0.25, 0.3) is 5.91 Å². The van der Waals surface area contributed by atoms with Gasteiger partial charge in [-0.15, -0.1) is 0 Å². The number of amides is 1. The molecule has 0 unspecified atom stereocenters. The lowest BCUT2D eigenvalue weighted by Gasteiger charge is -2.04. The second kappa shape index (κ2) is 5.22. The third-order valence-corrected chi connectivity index (χ3v) is 3.47. The van der Waals surface area contributed by atoms with Gasteiger partial charge in [-0.05, 0) is 30.3 Å². The average Bonchev–Trinajstić information content (AvgIpc) is 2.80. The van der Waals surface area contributed by atoms with Gasteiger partial charge in [0.1, 0.15) is 0 Å². The minimum Gasteiger partial charge on any atom is -0.322 e. The molecule has 2 N–H and O–H groups in total.